The predicted octanol–water partition coefficient (Wildman–Crippen LogP) is 1.38. The minimum absolute atomic E-state index is 0.162. The van der Waals surface area contributed by atoms with Gasteiger partial charge >= 0.3 is 0 Å². The average molecular weight is 284 g/mol. The first kappa shape index (κ1) is 16.4. The SMILES string of the molecule is COc1ccc(F)cc1C(C)NC(=O)CC(CN)OC. The second-order valence-electron chi connectivity index (χ2n) is 4.47. The molecular formula is C14H21FN2O3. The van der Waals surface area contributed by atoms with Crippen molar-refractivity contribution in [2.24, 2.45) is 5.73 Å². The smallest absolute Gasteiger partial charge is 0.223 e. The Labute approximate surface area is 118 Å². The van der Waals surface area contributed by atoms with Gasteiger partial charge in [-0.05, 0) is 25.1 Å². The summed E-state index contributed by atoms with van der Waals surface area (Å²) in [6.45, 7) is 2.03. The van der Waals surface area contributed by atoms with Crippen LogP contribution < -0.4 is 15.8 Å². The molecule has 5 nitrogen and oxygen atoms in total. The molecule has 0 radical (unpaired) electrons. The third-order valence-corrected chi connectivity index (χ3v) is 3.05. The molecule has 0 spiro atoms. The van der Waals surface area contributed by atoms with Gasteiger partial charge in [0.1, 0.15) is 11.6 Å². The highest BCUT2D eigenvalue weighted by atomic mass is 19.1. The largest absolute Gasteiger partial charge is 0.496 e. The standard InChI is InChI=1S/C14H21FN2O3/c1-9(17-14(18)7-11(8-16)19-2)12-6-10(15)4-5-13(12)20-3/h4-6,9,11H,7-8,16H2,1-3H3,(H,17,18). The van der Waals surface area contributed by atoms with Gasteiger partial charge in [-0.25, -0.2) is 4.39 Å². The maximum Gasteiger partial charge on any atom is 0.223 e. The van der Waals surface area contributed by atoms with Crippen LogP contribution in [0.1, 0.15) is 24.9 Å². The highest BCUT2D eigenvalue weighted by Crippen LogP contribution is 2.25. The first-order valence-corrected chi connectivity index (χ1v) is 6.37. The van der Waals surface area contributed by atoms with Crippen molar-refractivity contribution in [2.45, 2.75) is 25.5 Å². The van der Waals surface area contributed by atoms with Crippen molar-refractivity contribution in [1.82, 2.24) is 5.32 Å². The lowest BCUT2D eigenvalue weighted by molar-refractivity contribution is -0.124. The van der Waals surface area contributed by atoms with E-state index in [9.17, 15) is 9.18 Å². The van der Waals surface area contributed by atoms with Gasteiger partial charge in [-0.1, -0.05) is 0 Å². The number of methoxy groups -OCH3 is 2. The second-order valence-corrected chi connectivity index (χ2v) is 4.47. The number of nitrogens with two attached hydrogens (primary N) is 1. The molecule has 0 saturated heterocycles. The number of hydrogen-bond donors (Lipinski definition) is 2. The van der Waals surface area contributed by atoms with Crippen LogP contribution in [0.15, 0.2) is 18.2 Å². The normalized spacial score (nSPS) is 13.7. The van der Waals surface area contributed by atoms with E-state index < -0.39 is 0 Å². The van der Waals surface area contributed by atoms with Gasteiger partial charge in [0.2, 0.25) is 5.91 Å². The summed E-state index contributed by atoms with van der Waals surface area (Å²) in [6, 6.07) is 3.82. The van der Waals surface area contributed by atoms with Gasteiger partial charge in [-0.2, -0.15) is 0 Å². The van der Waals surface area contributed by atoms with Crippen LogP contribution >= 0.6 is 0 Å². The predicted molar refractivity (Wildman–Crippen MR) is 74.0 cm³/mol. The molecule has 0 aliphatic carbocycles. The zero-order valence-electron chi connectivity index (χ0n) is 12.0. The Morgan fingerprint density at radius 2 is 2.15 bits per heavy atom. The molecule has 20 heavy (non-hydrogen) atoms. The fourth-order valence-electron chi connectivity index (χ4n) is 1.89. The monoisotopic (exact) mass is 284 g/mol. The van der Waals surface area contributed by atoms with Crippen molar-refractivity contribution < 1.29 is 18.7 Å². The first-order valence-electron chi connectivity index (χ1n) is 6.37. The minimum Gasteiger partial charge on any atom is -0.496 e. The summed E-state index contributed by atoms with van der Waals surface area (Å²) in [5, 5.41) is 2.78. The molecule has 3 N–H and O–H groups in total. The summed E-state index contributed by atoms with van der Waals surface area (Å²) in [4.78, 5) is 11.9. The number of amides is 1. The van der Waals surface area contributed by atoms with E-state index in [-0.39, 0.29) is 36.8 Å². The maximum atomic E-state index is 13.3. The zero-order valence-corrected chi connectivity index (χ0v) is 12.0. The zero-order chi connectivity index (χ0) is 15.1. The van der Waals surface area contributed by atoms with Crippen molar-refractivity contribution in [3.05, 3.63) is 29.6 Å². The molecule has 0 aromatic heterocycles. The number of nitrogens with one attached hydrogen (secondary N) is 1. The van der Waals surface area contributed by atoms with E-state index in [2.05, 4.69) is 5.32 Å². The van der Waals surface area contributed by atoms with Crippen molar-refractivity contribution >= 4 is 5.91 Å². The molecule has 6 heteroatoms. The van der Waals surface area contributed by atoms with E-state index in [1.807, 2.05) is 0 Å². The Bertz CT molecular complexity index is 450. The lowest BCUT2D eigenvalue weighted by atomic mass is 10.1. The van der Waals surface area contributed by atoms with Crippen LogP contribution in [0, 0.1) is 5.82 Å². The summed E-state index contributed by atoms with van der Waals surface area (Å²) in [6.07, 6.45) is -0.161. The molecule has 2 atom stereocenters. The molecule has 1 amide bonds. The van der Waals surface area contributed by atoms with Crippen molar-refractivity contribution in [3.63, 3.8) is 0 Å². The topological polar surface area (TPSA) is 73.6 Å². The molecule has 0 fully saturated rings. The van der Waals surface area contributed by atoms with Gasteiger partial charge in [-0.15, -0.1) is 0 Å². The van der Waals surface area contributed by atoms with Gasteiger partial charge in [0.15, 0.2) is 0 Å². The molecule has 0 aliphatic heterocycles. The maximum absolute atomic E-state index is 13.3. The average Bonchev–Trinajstić information content (AvgIpc) is 2.44. The fraction of sp³-hybridized carbons (Fsp3) is 0.500. The third kappa shape index (κ3) is 4.47. The summed E-state index contributed by atoms with van der Waals surface area (Å²) in [5.74, 6) is -0.0546. The molecule has 1 rings (SSSR count). The number of rotatable bonds is 7. The van der Waals surface area contributed by atoms with Crippen LogP contribution in [0.2, 0.25) is 0 Å². The van der Waals surface area contributed by atoms with Crippen LogP contribution in [0.5, 0.6) is 5.75 Å². The van der Waals surface area contributed by atoms with E-state index in [0.29, 0.717) is 11.3 Å². The molecular weight excluding hydrogens is 263 g/mol. The fourth-order valence-corrected chi connectivity index (χ4v) is 1.89. The molecule has 2 unspecified atom stereocenters. The Hall–Kier alpha value is -1.66. The number of benzene rings is 1. The Balaban J connectivity index is 2.73. The number of hydrogen-bond acceptors (Lipinski definition) is 4. The lowest BCUT2D eigenvalue weighted by Crippen LogP contribution is -2.33. The second kappa shape index (κ2) is 7.81. The Morgan fingerprint density at radius 3 is 2.70 bits per heavy atom. The van der Waals surface area contributed by atoms with E-state index in [4.69, 9.17) is 15.2 Å². The van der Waals surface area contributed by atoms with Crippen LogP contribution in [-0.2, 0) is 9.53 Å². The summed E-state index contributed by atoms with van der Waals surface area (Å²) >= 11 is 0. The number of carbonyl (C=O) groups is 1. The Kier molecular flexibility index (Phi) is 6.41. The highest BCUT2D eigenvalue weighted by Gasteiger charge is 2.17. The molecule has 1 aromatic rings. The quantitative estimate of drug-likeness (QED) is 0.793. The molecule has 0 heterocycles. The van der Waals surface area contributed by atoms with Crippen molar-refractivity contribution in [3.8, 4) is 5.75 Å². The van der Waals surface area contributed by atoms with Crippen LogP contribution in [0.3, 0.4) is 0 Å². The molecule has 1 aromatic carbocycles. The van der Waals surface area contributed by atoms with E-state index in [1.165, 1.54) is 32.4 Å². The number of ether oxygens (including phenoxy) is 2. The van der Waals surface area contributed by atoms with Crippen LogP contribution in [0.25, 0.3) is 0 Å². The van der Waals surface area contributed by atoms with Gasteiger partial charge in [0, 0.05) is 19.2 Å². The summed E-state index contributed by atoms with van der Waals surface area (Å²) in [5.41, 5.74) is 6.05. The molecule has 0 bridgehead atoms. The number of carbonyl (C=O) groups excluding carboxylic acids is 1. The summed E-state index contributed by atoms with van der Waals surface area (Å²) in [7, 11) is 3.00. The third-order valence-electron chi connectivity index (χ3n) is 3.05. The summed E-state index contributed by atoms with van der Waals surface area (Å²) < 4.78 is 23.5. The lowest BCUT2D eigenvalue weighted by Gasteiger charge is -2.19. The van der Waals surface area contributed by atoms with Crippen molar-refractivity contribution in [2.75, 3.05) is 20.8 Å². The number of halogens is 1. The highest BCUT2D eigenvalue weighted by molar-refractivity contribution is 5.77. The van der Waals surface area contributed by atoms with Gasteiger partial charge < -0.3 is 20.5 Å². The van der Waals surface area contributed by atoms with Crippen LogP contribution in [0.4, 0.5) is 4.39 Å². The van der Waals surface area contributed by atoms with E-state index >= 15 is 0 Å². The van der Waals surface area contributed by atoms with Crippen LogP contribution in [-0.4, -0.2) is 32.8 Å². The molecule has 0 aliphatic rings. The van der Waals surface area contributed by atoms with Crippen molar-refractivity contribution in [1.29, 1.82) is 0 Å². The first-order chi connectivity index (χ1) is 9.51. The van der Waals surface area contributed by atoms with E-state index in [1.54, 1.807) is 6.92 Å². The molecule has 0 saturated carbocycles. The minimum atomic E-state index is -0.376. The van der Waals surface area contributed by atoms with E-state index in [0.717, 1.165) is 0 Å². The molecule has 112 valence electrons. The Morgan fingerprint density at radius 1 is 1.45 bits per heavy atom. The van der Waals surface area contributed by atoms with Gasteiger partial charge in [0.05, 0.1) is 25.7 Å². The van der Waals surface area contributed by atoms with Gasteiger partial charge in [0.25, 0.3) is 0 Å². The van der Waals surface area contributed by atoms with Gasteiger partial charge in [-0.3, -0.25) is 4.79 Å².